The van der Waals surface area contributed by atoms with E-state index in [-0.39, 0.29) is 24.4 Å². The molecule has 1 aliphatic carbocycles. The fourth-order valence-corrected chi connectivity index (χ4v) is 5.17. The lowest BCUT2D eigenvalue weighted by atomic mass is 9.73. The number of allylic oxidation sites excluding steroid dienone is 3. The van der Waals surface area contributed by atoms with Crippen LogP contribution in [-0.4, -0.2) is 62.6 Å². The fourth-order valence-electron chi connectivity index (χ4n) is 5.17. The van der Waals surface area contributed by atoms with Gasteiger partial charge in [-0.25, -0.2) is 0 Å². The van der Waals surface area contributed by atoms with Crippen LogP contribution in [0.15, 0.2) is 42.5 Å². The van der Waals surface area contributed by atoms with Crippen LogP contribution in [0.4, 0.5) is 18.9 Å². The molecule has 0 spiro atoms. The molecular formula is C26H33F3N4O3. The number of nitrogens with zero attached hydrogens (tertiary/aromatic N) is 1. The summed E-state index contributed by atoms with van der Waals surface area (Å²) >= 11 is 0. The number of amides is 2. The van der Waals surface area contributed by atoms with Gasteiger partial charge < -0.3 is 25.6 Å². The molecule has 1 fully saturated rings. The molecule has 5 atom stereocenters. The molecule has 2 aliphatic heterocycles. The van der Waals surface area contributed by atoms with Gasteiger partial charge in [0.2, 0.25) is 0 Å². The zero-order chi connectivity index (χ0) is 25.9. The molecule has 36 heavy (non-hydrogen) atoms. The van der Waals surface area contributed by atoms with Crippen LogP contribution in [0.25, 0.3) is 0 Å². The summed E-state index contributed by atoms with van der Waals surface area (Å²) in [7, 11) is 3.73. The first-order valence-corrected chi connectivity index (χ1v) is 12.3. The van der Waals surface area contributed by atoms with E-state index in [1.165, 1.54) is 12.1 Å². The summed E-state index contributed by atoms with van der Waals surface area (Å²) in [6.07, 6.45) is 5.00. The molecule has 4 rings (SSSR count). The molecule has 1 aromatic rings. The summed E-state index contributed by atoms with van der Waals surface area (Å²) in [5, 5.41) is 8.67. The van der Waals surface area contributed by atoms with Gasteiger partial charge in [-0.05, 0) is 51.6 Å². The smallest absolute Gasteiger partial charge is 0.381 e. The quantitative estimate of drug-likeness (QED) is 0.516. The molecule has 3 N–H and O–H groups in total. The average molecular weight is 507 g/mol. The lowest BCUT2D eigenvalue weighted by molar-refractivity contribution is -0.140. The molecule has 0 radical (unpaired) electrons. The van der Waals surface area contributed by atoms with Gasteiger partial charge in [0.05, 0.1) is 17.8 Å². The van der Waals surface area contributed by atoms with Crippen molar-refractivity contribution in [3.8, 4) is 0 Å². The van der Waals surface area contributed by atoms with E-state index in [1.54, 1.807) is 0 Å². The molecular weight excluding hydrogens is 473 g/mol. The van der Waals surface area contributed by atoms with Gasteiger partial charge in [0, 0.05) is 48.8 Å². The predicted molar refractivity (Wildman–Crippen MR) is 130 cm³/mol. The molecule has 1 unspecified atom stereocenters. The van der Waals surface area contributed by atoms with Crippen molar-refractivity contribution in [2.45, 2.75) is 43.7 Å². The third-order valence-electron chi connectivity index (χ3n) is 7.03. The van der Waals surface area contributed by atoms with Crippen LogP contribution in [0.1, 0.15) is 36.5 Å². The molecule has 0 aromatic heterocycles. The number of carbonyl (C=O) groups is 2. The summed E-state index contributed by atoms with van der Waals surface area (Å²) in [6, 6.07) is 3.76. The fraction of sp³-hybridized carbons (Fsp3) is 0.538. The number of halogens is 3. The molecule has 196 valence electrons. The summed E-state index contributed by atoms with van der Waals surface area (Å²) in [5.74, 6) is -1.29. The Morgan fingerprint density at radius 2 is 1.92 bits per heavy atom. The van der Waals surface area contributed by atoms with Crippen molar-refractivity contribution < 1.29 is 27.5 Å². The maximum Gasteiger partial charge on any atom is 0.416 e. The van der Waals surface area contributed by atoms with Gasteiger partial charge in [-0.2, -0.15) is 13.2 Å². The average Bonchev–Trinajstić information content (AvgIpc) is 2.86. The summed E-state index contributed by atoms with van der Waals surface area (Å²) in [5.41, 5.74) is 0.412. The summed E-state index contributed by atoms with van der Waals surface area (Å²) in [4.78, 5) is 26.1. The number of anilines is 1. The lowest BCUT2D eigenvalue weighted by Crippen LogP contribution is -2.49. The zero-order valence-corrected chi connectivity index (χ0v) is 20.5. The molecule has 10 heteroatoms. The first kappa shape index (κ1) is 26.2. The van der Waals surface area contributed by atoms with E-state index < -0.39 is 35.8 Å². The summed E-state index contributed by atoms with van der Waals surface area (Å²) < 4.78 is 46.8. The number of benzene rings is 1. The molecule has 3 aliphatic rings. The Morgan fingerprint density at radius 3 is 2.61 bits per heavy atom. The highest BCUT2D eigenvalue weighted by Crippen LogP contribution is 2.49. The monoisotopic (exact) mass is 506 g/mol. The van der Waals surface area contributed by atoms with Crippen LogP contribution >= 0.6 is 0 Å². The summed E-state index contributed by atoms with van der Waals surface area (Å²) in [6.45, 7) is 1.07. The Kier molecular flexibility index (Phi) is 8.04. The van der Waals surface area contributed by atoms with Crippen molar-refractivity contribution in [1.29, 1.82) is 0 Å². The minimum absolute atomic E-state index is 0.0125. The Balaban J connectivity index is 1.47. The molecule has 2 heterocycles. The Labute approximate surface area is 209 Å². The molecule has 7 nitrogen and oxygen atoms in total. The van der Waals surface area contributed by atoms with Crippen LogP contribution in [0, 0.1) is 11.8 Å². The number of rotatable bonds is 6. The topological polar surface area (TPSA) is 82.7 Å². The number of likely N-dealkylation sites (N-methyl/N-ethyl adjacent to an activating group) is 1. The first-order valence-electron chi connectivity index (χ1n) is 12.3. The third kappa shape index (κ3) is 6.10. The molecule has 0 saturated carbocycles. The molecule has 1 aromatic carbocycles. The third-order valence-corrected chi connectivity index (χ3v) is 7.03. The number of carbonyl (C=O) groups excluding carboxylic acids is 2. The lowest BCUT2D eigenvalue weighted by Gasteiger charge is -2.47. The van der Waals surface area contributed by atoms with E-state index in [9.17, 15) is 22.8 Å². The second kappa shape index (κ2) is 11.0. The second-order valence-electron chi connectivity index (χ2n) is 9.87. The van der Waals surface area contributed by atoms with Crippen molar-refractivity contribution in [2.24, 2.45) is 11.8 Å². The number of ether oxygens (including phenoxy) is 1. The number of fused-ring (bicyclic) bond motifs is 3. The number of hydrogen-bond donors (Lipinski definition) is 3. The van der Waals surface area contributed by atoms with Crippen LogP contribution in [-0.2, 0) is 20.5 Å². The van der Waals surface area contributed by atoms with Crippen LogP contribution in [0.3, 0.4) is 0 Å². The van der Waals surface area contributed by atoms with Gasteiger partial charge in [-0.3, -0.25) is 9.59 Å². The number of alkyl halides is 3. The van der Waals surface area contributed by atoms with Crippen molar-refractivity contribution >= 4 is 17.5 Å². The van der Waals surface area contributed by atoms with E-state index in [0.29, 0.717) is 30.8 Å². The van der Waals surface area contributed by atoms with E-state index in [0.717, 1.165) is 18.9 Å². The van der Waals surface area contributed by atoms with E-state index in [4.69, 9.17) is 4.74 Å². The second-order valence-corrected chi connectivity index (χ2v) is 9.87. The highest BCUT2D eigenvalue weighted by molar-refractivity contribution is 6.35. The van der Waals surface area contributed by atoms with Gasteiger partial charge in [-0.15, -0.1) is 0 Å². The Morgan fingerprint density at radius 1 is 1.14 bits per heavy atom. The van der Waals surface area contributed by atoms with Gasteiger partial charge >= 0.3 is 18.0 Å². The van der Waals surface area contributed by atoms with Crippen molar-refractivity contribution in [1.82, 2.24) is 15.5 Å². The maximum atomic E-state index is 13.5. The molecule has 2 amide bonds. The van der Waals surface area contributed by atoms with Crippen LogP contribution in [0.2, 0.25) is 0 Å². The largest absolute Gasteiger partial charge is 0.416 e. The van der Waals surface area contributed by atoms with E-state index in [2.05, 4.69) is 28.1 Å². The van der Waals surface area contributed by atoms with Crippen molar-refractivity contribution in [3.63, 3.8) is 0 Å². The van der Waals surface area contributed by atoms with E-state index in [1.807, 2.05) is 31.1 Å². The molecule has 1 saturated heterocycles. The highest BCUT2D eigenvalue weighted by Gasteiger charge is 2.45. The van der Waals surface area contributed by atoms with Crippen LogP contribution < -0.4 is 16.0 Å². The number of hydrogen-bond acceptors (Lipinski definition) is 5. The zero-order valence-electron chi connectivity index (χ0n) is 20.5. The van der Waals surface area contributed by atoms with Gasteiger partial charge in [0.15, 0.2) is 0 Å². The minimum Gasteiger partial charge on any atom is -0.381 e. The SMILES string of the molecule is CN(C)CCNC(=O)C(=O)NC[C@H]1CC[C@@H]2[C@H](O1)c1cc(C(F)(F)F)ccc1N[C@H]2C1C=CC=CC1. The Hall–Kier alpha value is -2.85. The first-order chi connectivity index (χ1) is 17.1. The predicted octanol–water partition coefficient (Wildman–Crippen LogP) is 3.26. The standard InChI is InChI=1S/C26H33F3N4O3/c1-33(2)13-12-30-24(34)25(35)31-15-18-9-10-19-22(16-6-4-3-5-7-16)32-21-11-8-17(26(27,28)29)14-20(21)23(19)36-18/h3-6,8,11,14,16,18-19,22-23,32H,7,9-10,12-13,15H2,1-2H3,(H,30,34)(H,31,35)/t16?,18-,19+,22+,23+/m1/s1. The van der Waals surface area contributed by atoms with Gasteiger partial charge in [0.25, 0.3) is 0 Å². The van der Waals surface area contributed by atoms with Gasteiger partial charge in [-0.1, -0.05) is 24.3 Å². The molecule has 0 bridgehead atoms. The normalized spacial score (nSPS) is 27.1. The van der Waals surface area contributed by atoms with E-state index >= 15 is 0 Å². The minimum atomic E-state index is -4.46. The van der Waals surface area contributed by atoms with Gasteiger partial charge in [0.1, 0.15) is 0 Å². The Bertz CT molecular complexity index is 1020. The van der Waals surface area contributed by atoms with Crippen molar-refractivity contribution in [2.75, 3.05) is 39.0 Å². The highest BCUT2D eigenvalue weighted by atomic mass is 19.4. The van der Waals surface area contributed by atoms with Crippen LogP contribution in [0.5, 0.6) is 0 Å². The maximum absolute atomic E-state index is 13.5. The number of nitrogens with one attached hydrogen (secondary N) is 3. The van der Waals surface area contributed by atoms with Crippen molar-refractivity contribution in [3.05, 3.63) is 53.6 Å².